The second kappa shape index (κ2) is 8.54. The van der Waals surface area contributed by atoms with E-state index in [1.807, 2.05) is 0 Å². The summed E-state index contributed by atoms with van der Waals surface area (Å²) in [7, 11) is 0. The molecule has 110 valence electrons. The fourth-order valence-electron chi connectivity index (χ4n) is 3.13. The van der Waals surface area contributed by atoms with Crippen molar-refractivity contribution in [2.24, 2.45) is 5.92 Å². The number of carbonyl (C=O) groups excluding carboxylic acids is 1. The zero-order valence-electron chi connectivity index (χ0n) is 12.1. The molecular formula is C15H29N3O. The van der Waals surface area contributed by atoms with Gasteiger partial charge in [0.1, 0.15) is 0 Å². The van der Waals surface area contributed by atoms with Gasteiger partial charge in [-0.1, -0.05) is 0 Å². The lowest BCUT2D eigenvalue weighted by Crippen LogP contribution is -2.32. The third kappa shape index (κ3) is 5.91. The number of hydrogen-bond acceptors (Lipinski definition) is 3. The van der Waals surface area contributed by atoms with Crippen LogP contribution in [-0.2, 0) is 4.79 Å². The average molecular weight is 267 g/mol. The van der Waals surface area contributed by atoms with Gasteiger partial charge in [-0.3, -0.25) is 4.79 Å². The molecule has 1 amide bonds. The summed E-state index contributed by atoms with van der Waals surface area (Å²) >= 11 is 0. The van der Waals surface area contributed by atoms with Crippen LogP contribution in [0.15, 0.2) is 0 Å². The van der Waals surface area contributed by atoms with Crippen LogP contribution in [0.1, 0.15) is 44.9 Å². The van der Waals surface area contributed by atoms with E-state index in [0.717, 1.165) is 39.0 Å². The Kier molecular flexibility index (Phi) is 6.65. The predicted octanol–water partition coefficient (Wildman–Crippen LogP) is 1.37. The van der Waals surface area contributed by atoms with Crippen LogP contribution in [0.3, 0.4) is 0 Å². The first kappa shape index (κ1) is 14.8. The summed E-state index contributed by atoms with van der Waals surface area (Å²) in [4.78, 5) is 14.2. The lowest BCUT2D eigenvalue weighted by molar-refractivity contribution is -0.121. The van der Waals surface area contributed by atoms with E-state index in [-0.39, 0.29) is 5.91 Å². The lowest BCUT2D eigenvalue weighted by Gasteiger charge is -2.22. The molecule has 2 N–H and O–H groups in total. The van der Waals surface area contributed by atoms with Gasteiger partial charge in [0.2, 0.25) is 5.91 Å². The van der Waals surface area contributed by atoms with Crippen LogP contribution in [-0.4, -0.2) is 50.1 Å². The largest absolute Gasteiger partial charge is 0.356 e. The van der Waals surface area contributed by atoms with E-state index < -0.39 is 0 Å². The summed E-state index contributed by atoms with van der Waals surface area (Å²) in [5, 5.41) is 6.47. The van der Waals surface area contributed by atoms with Gasteiger partial charge in [-0.15, -0.1) is 0 Å². The monoisotopic (exact) mass is 267 g/mol. The molecule has 4 nitrogen and oxygen atoms in total. The van der Waals surface area contributed by atoms with E-state index in [0.29, 0.717) is 12.3 Å². The third-order valence-corrected chi connectivity index (χ3v) is 4.35. The first-order valence-electron chi connectivity index (χ1n) is 8.04. The number of amides is 1. The summed E-state index contributed by atoms with van der Waals surface area (Å²) in [6.07, 6.45) is 8.10. The quantitative estimate of drug-likeness (QED) is 0.685. The molecule has 0 bridgehead atoms. The predicted molar refractivity (Wildman–Crippen MR) is 78.1 cm³/mol. The van der Waals surface area contributed by atoms with Crippen molar-refractivity contribution >= 4 is 5.91 Å². The highest BCUT2D eigenvalue weighted by atomic mass is 16.1. The van der Waals surface area contributed by atoms with Crippen LogP contribution >= 0.6 is 0 Å². The van der Waals surface area contributed by atoms with E-state index >= 15 is 0 Å². The first-order valence-corrected chi connectivity index (χ1v) is 8.04. The van der Waals surface area contributed by atoms with Crippen molar-refractivity contribution in [1.82, 2.24) is 15.5 Å². The van der Waals surface area contributed by atoms with Gasteiger partial charge < -0.3 is 15.5 Å². The van der Waals surface area contributed by atoms with Crippen LogP contribution < -0.4 is 10.6 Å². The first-order chi connectivity index (χ1) is 9.34. The second-order valence-electron chi connectivity index (χ2n) is 6.00. The van der Waals surface area contributed by atoms with Gasteiger partial charge in [0.25, 0.3) is 0 Å². The molecule has 1 unspecified atom stereocenters. The van der Waals surface area contributed by atoms with Crippen LogP contribution in [0.5, 0.6) is 0 Å². The fourth-order valence-corrected chi connectivity index (χ4v) is 3.13. The van der Waals surface area contributed by atoms with Gasteiger partial charge >= 0.3 is 0 Å². The van der Waals surface area contributed by atoms with Crippen LogP contribution in [0.4, 0.5) is 0 Å². The fraction of sp³-hybridized carbons (Fsp3) is 0.933. The van der Waals surface area contributed by atoms with Crippen LogP contribution in [0.2, 0.25) is 0 Å². The molecule has 4 heteroatoms. The molecule has 0 aromatic heterocycles. The molecule has 2 rings (SSSR count). The number of likely N-dealkylation sites (tertiary alicyclic amines) is 1. The second-order valence-corrected chi connectivity index (χ2v) is 6.00. The molecule has 0 aliphatic carbocycles. The Morgan fingerprint density at radius 2 is 2.11 bits per heavy atom. The molecule has 2 heterocycles. The molecule has 1 atom stereocenters. The smallest absolute Gasteiger partial charge is 0.220 e. The normalized spacial score (nSPS) is 24.5. The minimum absolute atomic E-state index is 0.243. The maximum Gasteiger partial charge on any atom is 0.220 e. The van der Waals surface area contributed by atoms with Crippen molar-refractivity contribution in [2.45, 2.75) is 44.9 Å². The number of nitrogens with zero attached hydrogens (tertiary/aromatic N) is 1. The molecule has 2 aliphatic heterocycles. The number of rotatable bonds is 7. The summed E-state index contributed by atoms with van der Waals surface area (Å²) in [5.41, 5.74) is 0. The van der Waals surface area contributed by atoms with Crippen molar-refractivity contribution in [2.75, 3.05) is 39.3 Å². The topological polar surface area (TPSA) is 44.4 Å². The molecular weight excluding hydrogens is 238 g/mol. The maximum atomic E-state index is 11.7. The van der Waals surface area contributed by atoms with Crippen molar-refractivity contribution in [3.8, 4) is 0 Å². The number of hydrogen-bond donors (Lipinski definition) is 2. The van der Waals surface area contributed by atoms with E-state index in [4.69, 9.17) is 0 Å². The van der Waals surface area contributed by atoms with E-state index in [9.17, 15) is 4.79 Å². The van der Waals surface area contributed by atoms with Crippen molar-refractivity contribution < 1.29 is 4.79 Å². The lowest BCUT2D eigenvalue weighted by atomic mass is 9.94. The van der Waals surface area contributed by atoms with Gasteiger partial charge in [-0.2, -0.15) is 0 Å². The Morgan fingerprint density at radius 3 is 2.84 bits per heavy atom. The summed E-state index contributed by atoms with van der Waals surface area (Å²) in [5.74, 6) is 0.955. The molecule has 19 heavy (non-hydrogen) atoms. The molecule has 0 saturated carbocycles. The molecule has 0 aromatic carbocycles. The SMILES string of the molecule is O=C(CCC1CCCNC1)NCCCN1CCCC1. The standard InChI is InChI=1S/C15H29N3O/c19-15(7-6-14-5-3-8-16-13-14)17-9-4-12-18-10-1-2-11-18/h14,16H,1-13H2,(H,17,19). The molecule has 2 aliphatic rings. The molecule has 0 aromatic rings. The third-order valence-electron chi connectivity index (χ3n) is 4.35. The molecule has 2 saturated heterocycles. The Hall–Kier alpha value is -0.610. The van der Waals surface area contributed by atoms with E-state index in [1.165, 1.54) is 38.8 Å². The summed E-state index contributed by atoms with van der Waals surface area (Å²) in [6.45, 7) is 6.75. The van der Waals surface area contributed by atoms with E-state index in [2.05, 4.69) is 15.5 Å². The average Bonchev–Trinajstić information content (AvgIpc) is 2.96. The van der Waals surface area contributed by atoms with Crippen molar-refractivity contribution in [1.29, 1.82) is 0 Å². The minimum Gasteiger partial charge on any atom is -0.356 e. The van der Waals surface area contributed by atoms with Crippen LogP contribution in [0.25, 0.3) is 0 Å². The number of piperidine rings is 1. The van der Waals surface area contributed by atoms with Gasteiger partial charge in [-0.05, 0) is 77.2 Å². The maximum absolute atomic E-state index is 11.7. The highest BCUT2D eigenvalue weighted by Gasteiger charge is 2.14. The Labute approximate surface area is 117 Å². The minimum atomic E-state index is 0.243. The van der Waals surface area contributed by atoms with Gasteiger partial charge in [0, 0.05) is 13.0 Å². The molecule has 0 spiro atoms. The van der Waals surface area contributed by atoms with Crippen LogP contribution in [0, 0.1) is 5.92 Å². The summed E-state index contributed by atoms with van der Waals surface area (Å²) < 4.78 is 0. The Bertz CT molecular complexity index is 258. The van der Waals surface area contributed by atoms with Crippen molar-refractivity contribution in [3.63, 3.8) is 0 Å². The zero-order chi connectivity index (χ0) is 13.3. The van der Waals surface area contributed by atoms with Crippen molar-refractivity contribution in [3.05, 3.63) is 0 Å². The van der Waals surface area contributed by atoms with E-state index in [1.54, 1.807) is 0 Å². The zero-order valence-corrected chi connectivity index (χ0v) is 12.1. The Morgan fingerprint density at radius 1 is 1.26 bits per heavy atom. The number of carbonyl (C=O) groups is 1. The summed E-state index contributed by atoms with van der Waals surface area (Å²) in [6, 6.07) is 0. The van der Waals surface area contributed by atoms with Gasteiger partial charge in [0.15, 0.2) is 0 Å². The van der Waals surface area contributed by atoms with Gasteiger partial charge in [-0.25, -0.2) is 0 Å². The highest BCUT2D eigenvalue weighted by Crippen LogP contribution is 2.15. The molecule has 2 fully saturated rings. The Balaban J connectivity index is 1.45. The highest BCUT2D eigenvalue weighted by molar-refractivity contribution is 5.75. The van der Waals surface area contributed by atoms with Gasteiger partial charge in [0.05, 0.1) is 0 Å². The molecule has 0 radical (unpaired) electrons. The number of nitrogens with one attached hydrogen (secondary N) is 2.